The molecule has 0 fully saturated rings. The second-order valence-electron chi connectivity index (χ2n) is 5.22. The highest BCUT2D eigenvalue weighted by Crippen LogP contribution is 2.18. The van der Waals surface area contributed by atoms with Gasteiger partial charge in [-0.15, -0.1) is 0 Å². The highest BCUT2D eigenvalue weighted by Gasteiger charge is 2.24. The number of carbonyl (C=O) groups excluding carboxylic acids is 2. The van der Waals surface area contributed by atoms with Crippen LogP contribution in [0.1, 0.15) is 28.2 Å². The molecule has 1 heterocycles. The highest BCUT2D eigenvalue weighted by atomic mass is 16.5. The molecule has 6 heteroatoms. The third-order valence-corrected chi connectivity index (χ3v) is 3.54. The van der Waals surface area contributed by atoms with E-state index in [0.717, 1.165) is 5.69 Å². The summed E-state index contributed by atoms with van der Waals surface area (Å²) < 4.78 is 6.59. The van der Waals surface area contributed by atoms with E-state index in [-0.39, 0.29) is 0 Å². The maximum absolute atomic E-state index is 12.4. The Balaban J connectivity index is 2.18. The van der Waals surface area contributed by atoms with Crippen LogP contribution in [0.2, 0.25) is 0 Å². The molecule has 1 N–H and O–H groups in total. The van der Waals surface area contributed by atoms with Crippen LogP contribution in [0.3, 0.4) is 0 Å². The lowest BCUT2D eigenvalue weighted by Crippen LogP contribution is -2.32. The number of ether oxygens (including phenoxy) is 1. The fourth-order valence-electron chi connectivity index (χ4n) is 2.40. The Morgan fingerprint density at radius 1 is 1.22 bits per heavy atom. The highest BCUT2D eigenvalue weighted by molar-refractivity contribution is 6.43. The molecule has 0 bridgehead atoms. The second kappa shape index (κ2) is 7.69. The van der Waals surface area contributed by atoms with Gasteiger partial charge in [-0.25, -0.2) is 4.68 Å². The molecule has 0 atom stereocenters. The standard InChI is InChI=1S/C17H21N3O3/c1-12-15(16(21)17(22)18-10-7-11-23-3)13(2)20(19-12)14-8-5-4-6-9-14/h4-6,8-9H,7,10-11H2,1-3H3,(H,18,22). The molecule has 122 valence electrons. The molecule has 23 heavy (non-hydrogen) atoms. The van der Waals surface area contributed by atoms with Gasteiger partial charge in [0, 0.05) is 20.3 Å². The number of hydrogen-bond acceptors (Lipinski definition) is 4. The van der Waals surface area contributed by atoms with Gasteiger partial charge in [0.05, 0.1) is 22.6 Å². The maximum atomic E-state index is 12.4. The van der Waals surface area contributed by atoms with Crippen LogP contribution < -0.4 is 5.32 Å². The zero-order valence-electron chi connectivity index (χ0n) is 13.6. The zero-order valence-corrected chi connectivity index (χ0v) is 13.6. The van der Waals surface area contributed by atoms with E-state index in [1.807, 2.05) is 30.3 Å². The van der Waals surface area contributed by atoms with Gasteiger partial charge in [0.2, 0.25) is 0 Å². The fourth-order valence-corrected chi connectivity index (χ4v) is 2.40. The molecule has 1 aromatic heterocycles. The van der Waals surface area contributed by atoms with Crippen molar-refractivity contribution in [3.05, 3.63) is 47.3 Å². The first-order chi connectivity index (χ1) is 11.1. The third-order valence-electron chi connectivity index (χ3n) is 3.54. The van der Waals surface area contributed by atoms with Gasteiger partial charge in [-0.1, -0.05) is 18.2 Å². The van der Waals surface area contributed by atoms with Crippen LogP contribution in [0.4, 0.5) is 0 Å². The van der Waals surface area contributed by atoms with E-state index in [4.69, 9.17) is 4.74 Å². The molecular formula is C17H21N3O3. The van der Waals surface area contributed by atoms with Crippen molar-refractivity contribution in [2.24, 2.45) is 0 Å². The van der Waals surface area contributed by atoms with Gasteiger partial charge in [-0.05, 0) is 32.4 Å². The molecule has 1 amide bonds. The number of para-hydroxylation sites is 1. The lowest BCUT2D eigenvalue weighted by atomic mass is 10.1. The van der Waals surface area contributed by atoms with E-state index in [9.17, 15) is 9.59 Å². The van der Waals surface area contributed by atoms with Crippen molar-refractivity contribution >= 4 is 11.7 Å². The average molecular weight is 315 g/mol. The number of aryl methyl sites for hydroxylation is 1. The first-order valence-electron chi connectivity index (χ1n) is 7.49. The zero-order chi connectivity index (χ0) is 16.8. The van der Waals surface area contributed by atoms with Crippen molar-refractivity contribution in [1.29, 1.82) is 0 Å². The van der Waals surface area contributed by atoms with Crippen LogP contribution in [-0.4, -0.2) is 41.7 Å². The number of nitrogens with one attached hydrogen (secondary N) is 1. The molecule has 0 saturated heterocycles. The summed E-state index contributed by atoms with van der Waals surface area (Å²) in [5.74, 6) is -1.17. The van der Waals surface area contributed by atoms with E-state index in [2.05, 4.69) is 10.4 Å². The molecule has 0 radical (unpaired) electrons. The molecular weight excluding hydrogens is 294 g/mol. The lowest BCUT2D eigenvalue weighted by Gasteiger charge is -2.06. The predicted octanol–water partition coefficient (Wildman–Crippen LogP) is 1.82. The summed E-state index contributed by atoms with van der Waals surface area (Å²) >= 11 is 0. The molecule has 2 aromatic rings. The van der Waals surface area contributed by atoms with E-state index < -0.39 is 11.7 Å². The summed E-state index contributed by atoms with van der Waals surface area (Å²) in [6, 6.07) is 9.51. The van der Waals surface area contributed by atoms with E-state index in [1.54, 1.807) is 25.6 Å². The molecule has 0 unspecified atom stereocenters. The van der Waals surface area contributed by atoms with Crippen LogP contribution >= 0.6 is 0 Å². The van der Waals surface area contributed by atoms with Crippen LogP contribution in [-0.2, 0) is 9.53 Å². The van der Waals surface area contributed by atoms with Gasteiger partial charge >= 0.3 is 0 Å². The van der Waals surface area contributed by atoms with E-state index in [1.165, 1.54) is 0 Å². The molecule has 0 aliphatic heterocycles. The largest absolute Gasteiger partial charge is 0.385 e. The molecule has 0 saturated carbocycles. The number of benzene rings is 1. The smallest absolute Gasteiger partial charge is 0.292 e. The van der Waals surface area contributed by atoms with Crippen LogP contribution in [0.5, 0.6) is 0 Å². The first kappa shape index (κ1) is 16.9. The minimum Gasteiger partial charge on any atom is -0.385 e. The second-order valence-corrected chi connectivity index (χ2v) is 5.22. The number of methoxy groups -OCH3 is 1. The lowest BCUT2D eigenvalue weighted by molar-refractivity contribution is -0.117. The number of aromatic nitrogens is 2. The Bertz CT molecular complexity index is 693. The molecule has 0 aliphatic carbocycles. The Morgan fingerprint density at radius 2 is 1.91 bits per heavy atom. The van der Waals surface area contributed by atoms with Crippen molar-refractivity contribution in [3.63, 3.8) is 0 Å². The summed E-state index contributed by atoms with van der Waals surface area (Å²) in [4.78, 5) is 24.4. The van der Waals surface area contributed by atoms with Crippen molar-refractivity contribution in [2.45, 2.75) is 20.3 Å². The fraction of sp³-hybridized carbons (Fsp3) is 0.353. The number of carbonyl (C=O) groups is 2. The van der Waals surface area contributed by atoms with E-state index in [0.29, 0.717) is 36.5 Å². The summed E-state index contributed by atoms with van der Waals surface area (Å²) in [6.07, 6.45) is 0.663. The number of Topliss-reactive ketones (excluding diaryl/α,β-unsaturated/α-hetero) is 1. The maximum Gasteiger partial charge on any atom is 0.292 e. The molecule has 6 nitrogen and oxygen atoms in total. The number of rotatable bonds is 7. The topological polar surface area (TPSA) is 73.2 Å². The summed E-state index contributed by atoms with van der Waals surface area (Å²) in [5.41, 5.74) is 2.42. The normalized spacial score (nSPS) is 10.6. The molecule has 0 aliphatic rings. The SMILES string of the molecule is COCCCNC(=O)C(=O)c1c(C)nn(-c2ccccc2)c1C. The van der Waals surface area contributed by atoms with Crippen molar-refractivity contribution in [2.75, 3.05) is 20.3 Å². The molecule has 1 aromatic carbocycles. The minimum absolute atomic E-state index is 0.359. The van der Waals surface area contributed by atoms with Gasteiger partial charge in [0.25, 0.3) is 11.7 Å². The summed E-state index contributed by atoms with van der Waals surface area (Å²) in [7, 11) is 1.59. The van der Waals surface area contributed by atoms with Crippen LogP contribution in [0.25, 0.3) is 5.69 Å². The monoisotopic (exact) mass is 315 g/mol. The van der Waals surface area contributed by atoms with Crippen LogP contribution in [0.15, 0.2) is 30.3 Å². The first-order valence-corrected chi connectivity index (χ1v) is 7.49. The van der Waals surface area contributed by atoms with Gasteiger partial charge in [0.15, 0.2) is 0 Å². The van der Waals surface area contributed by atoms with Gasteiger partial charge in [-0.3, -0.25) is 9.59 Å². The summed E-state index contributed by atoms with van der Waals surface area (Å²) in [5, 5.41) is 7.00. The van der Waals surface area contributed by atoms with Gasteiger partial charge < -0.3 is 10.1 Å². The number of ketones is 1. The average Bonchev–Trinajstić information content (AvgIpc) is 2.86. The minimum atomic E-state index is -0.611. The van der Waals surface area contributed by atoms with Crippen LogP contribution in [0, 0.1) is 13.8 Å². The van der Waals surface area contributed by atoms with Crippen molar-refractivity contribution in [1.82, 2.24) is 15.1 Å². The Hall–Kier alpha value is -2.47. The number of amides is 1. The molecule has 2 rings (SSSR count). The van der Waals surface area contributed by atoms with Crippen molar-refractivity contribution < 1.29 is 14.3 Å². The summed E-state index contributed by atoms with van der Waals surface area (Å²) in [6.45, 7) is 4.47. The van der Waals surface area contributed by atoms with Gasteiger partial charge in [0.1, 0.15) is 0 Å². The Kier molecular flexibility index (Phi) is 5.65. The van der Waals surface area contributed by atoms with E-state index >= 15 is 0 Å². The van der Waals surface area contributed by atoms with Crippen molar-refractivity contribution in [3.8, 4) is 5.69 Å². The number of hydrogen-bond donors (Lipinski definition) is 1. The molecule has 0 spiro atoms. The Labute approximate surface area is 135 Å². The third kappa shape index (κ3) is 3.84. The van der Waals surface area contributed by atoms with Gasteiger partial charge in [-0.2, -0.15) is 5.10 Å². The predicted molar refractivity (Wildman–Crippen MR) is 86.9 cm³/mol. The quantitative estimate of drug-likeness (QED) is 0.480. The number of nitrogens with zero attached hydrogens (tertiary/aromatic N) is 2. The Morgan fingerprint density at radius 3 is 2.57 bits per heavy atom.